The minimum Gasteiger partial charge on any atom is -0.494 e. The van der Waals surface area contributed by atoms with Gasteiger partial charge in [0.25, 0.3) is 5.69 Å². The first-order valence-electron chi connectivity index (χ1n) is 30.3. The number of hydrogen-bond donors (Lipinski definition) is 6. The number of ether oxygens (including phenoxy) is 3. The Bertz CT molecular complexity index is 5120. The molecule has 6 aromatic carbocycles. The van der Waals surface area contributed by atoms with Gasteiger partial charge in [0.1, 0.15) is 40.4 Å². The van der Waals surface area contributed by atoms with E-state index in [9.17, 15) is 53.5 Å². The Labute approximate surface area is 576 Å². The predicted octanol–water partition coefficient (Wildman–Crippen LogP) is 10.1. The summed E-state index contributed by atoms with van der Waals surface area (Å²) in [5.74, 6) is -0.213. The van der Waals surface area contributed by atoms with Crippen LogP contribution in [0.3, 0.4) is 0 Å². The topological polar surface area (TPSA) is 408 Å². The summed E-state index contributed by atoms with van der Waals surface area (Å²) >= 11 is 5.72. The zero-order valence-corrected chi connectivity index (χ0v) is 56.5. The van der Waals surface area contributed by atoms with Crippen molar-refractivity contribution in [2.45, 2.75) is 19.8 Å². The van der Waals surface area contributed by atoms with Gasteiger partial charge in [0.2, 0.25) is 28.8 Å². The fourth-order valence-electron chi connectivity index (χ4n) is 9.65. The Kier molecular flexibility index (Phi) is 24.9. The van der Waals surface area contributed by atoms with Crippen molar-refractivity contribution in [3.8, 4) is 34.7 Å². The van der Waals surface area contributed by atoms with Crippen LogP contribution in [-0.4, -0.2) is 159 Å². The van der Waals surface area contributed by atoms with Crippen LogP contribution in [0.15, 0.2) is 160 Å². The van der Waals surface area contributed by atoms with Gasteiger partial charge in [-0.1, -0.05) is 49.7 Å². The minimum absolute atomic E-state index is 0.0337. The molecular formula is C65H68ClF2N21O12. The van der Waals surface area contributed by atoms with Gasteiger partial charge in [0.15, 0.2) is 0 Å². The Hall–Kier alpha value is -12.8. The number of aromatic amines is 3. The van der Waals surface area contributed by atoms with E-state index in [2.05, 4.69) is 86.1 Å². The number of H-pyrrole nitrogens is 3. The highest BCUT2D eigenvalue weighted by Crippen LogP contribution is 2.39. The number of anilines is 6. The molecule has 0 radical (unpaired) electrons. The summed E-state index contributed by atoms with van der Waals surface area (Å²) in [5, 5.41) is 39.0. The monoisotopic (exact) mass is 1410 g/mol. The fourth-order valence-corrected chi connectivity index (χ4v) is 9.80. The zero-order valence-electron chi connectivity index (χ0n) is 55.7. The highest BCUT2D eigenvalue weighted by atomic mass is 35.5. The number of hydrogen-bond acceptors (Lipinski definition) is 24. The molecule has 0 unspecified atom stereocenters. The van der Waals surface area contributed by atoms with Crippen molar-refractivity contribution in [2.24, 2.45) is 0 Å². The average Bonchev–Trinajstić information content (AvgIpc) is 1.69. The molecule has 526 valence electrons. The number of fused-ring (bicyclic) bond motifs is 3. The number of nitrogens with zero attached hydrogens (tertiary/aromatic N) is 15. The molecule has 33 nitrogen and oxygen atoms in total. The van der Waals surface area contributed by atoms with Crippen LogP contribution >= 0.6 is 11.6 Å². The molecule has 0 bridgehead atoms. The maximum atomic E-state index is 13.8. The van der Waals surface area contributed by atoms with Gasteiger partial charge in [-0.3, -0.25) is 30.3 Å². The third-order valence-electron chi connectivity index (χ3n) is 14.6. The third kappa shape index (κ3) is 18.5. The van der Waals surface area contributed by atoms with E-state index in [0.717, 1.165) is 41.8 Å². The Morgan fingerprint density at radius 1 is 0.525 bits per heavy atom. The van der Waals surface area contributed by atoms with E-state index in [0.29, 0.717) is 57.4 Å². The second kappa shape index (κ2) is 34.0. The highest BCUT2D eigenvalue weighted by molar-refractivity contribution is 6.28. The maximum Gasteiger partial charge on any atom is 0.332 e. The number of unbranched alkanes of at least 4 members (excludes halogenated alkanes) is 1. The molecule has 12 aromatic rings. The molecule has 0 saturated heterocycles. The van der Waals surface area contributed by atoms with Crippen molar-refractivity contribution < 1.29 is 37.8 Å². The van der Waals surface area contributed by atoms with E-state index in [1.54, 1.807) is 61.6 Å². The van der Waals surface area contributed by atoms with Crippen LogP contribution in [-0.2, 0) is 0 Å². The van der Waals surface area contributed by atoms with Crippen molar-refractivity contribution in [1.29, 1.82) is 0 Å². The third-order valence-corrected chi connectivity index (χ3v) is 14.7. The lowest BCUT2D eigenvalue weighted by Gasteiger charge is -2.22. The lowest BCUT2D eigenvalue weighted by Crippen LogP contribution is -2.29. The van der Waals surface area contributed by atoms with Crippen LogP contribution in [0, 0.1) is 42.0 Å². The van der Waals surface area contributed by atoms with E-state index in [1.165, 1.54) is 85.1 Å². The average molecular weight is 1410 g/mol. The van der Waals surface area contributed by atoms with E-state index in [4.69, 9.17) is 26.8 Å². The van der Waals surface area contributed by atoms with Crippen LogP contribution in [0.5, 0.6) is 17.2 Å². The van der Waals surface area contributed by atoms with Gasteiger partial charge in [-0.15, -0.1) is 0 Å². The van der Waals surface area contributed by atoms with Crippen molar-refractivity contribution in [3.05, 3.63) is 225 Å². The number of rotatable bonds is 20. The maximum absolute atomic E-state index is 13.8. The zero-order chi connectivity index (χ0) is 73.2. The number of nitrogens with one attached hydrogen (secondary N) is 5. The number of benzene rings is 6. The van der Waals surface area contributed by atoms with Crippen molar-refractivity contribution >= 4 is 96.4 Å². The number of para-hydroxylation sites is 6. The van der Waals surface area contributed by atoms with Crippen LogP contribution in [0.2, 0.25) is 5.28 Å². The quantitative estimate of drug-likeness (QED) is 0.0179. The van der Waals surface area contributed by atoms with Gasteiger partial charge in [-0.25, -0.2) is 43.0 Å². The molecule has 101 heavy (non-hydrogen) atoms. The molecule has 0 amide bonds. The molecule has 0 fully saturated rings. The molecule has 12 rings (SSSR count). The SMILES string of the molecule is CCCCN(C)C.COc1cc(F)c([N+](=O)[O-])cc1N.COc1cc(F)c([N+](=O)[O-])cc1Nc1nccc(-n2c(=O)[nH]c3ccccc32)n1.COc1cc(N(C)CCN(C)C)c([N+](=O)[O-])cc1Nc1nccc(-n2c(=O)[nH]c3ccccc32)n1.O=c1[nH]c2ccccc2n1-c1ccnc(Cl)n1. The number of nitro groups is 3. The van der Waals surface area contributed by atoms with Crippen molar-refractivity contribution in [1.82, 2.24) is 68.4 Å². The molecule has 36 heteroatoms. The Balaban J connectivity index is 0.000000175. The number of methoxy groups -OCH3 is 3. The Morgan fingerprint density at radius 2 is 0.911 bits per heavy atom. The van der Waals surface area contributed by atoms with Gasteiger partial charge in [-0.05, 0) is 89.2 Å². The van der Waals surface area contributed by atoms with Crippen molar-refractivity contribution in [3.63, 3.8) is 0 Å². The van der Waals surface area contributed by atoms with Gasteiger partial charge in [0, 0.05) is 93.3 Å². The van der Waals surface area contributed by atoms with Gasteiger partial charge in [0.05, 0.1) is 86.3 Å². The molecule has 0 aliphatic rings. The smallest absolute Gasteiger partial charge is 0.332 e. The molecule has 0 aliphatic carbocycles. The van der Waals surface area contributed by atoms with Gasteiger partial charge >= 0.3 is 28.4 Å². The molecule has 0 spiro atoms. The first-order chi connectivity index (χ1) is 48.3. The Morgan fingerprint density at radius 3 is 1.31 bits per heavy atom. The van der Waals surface area contributed by atoms with E-state index in [-0.39, 0.29) is 68.6 Å². The largest absolute Gasteiger partial charge is 0.494 e. The van der Waals surface area contributed by atoms with Gasteiger partial charge in [-0.2, -0.15) is 23.7 Å². The number of nitrogen functional groups attached to an aromatic ring is 1. The molecule has 0 saturated carbocycles. The number of imidazole rings is 3. The van der Waals surface area contributed by atoms with Crippen molar-refractivity contribution in [2.75, 3.05) is 97.5 Å². The molecule has 0 aliphatic heterocycles. The summed E-state index contributed by atoms with van der Waals surface area (Å²) in [6.45, 7) is 4.76. The minimum atomic E-state index is -1.03. The summed E-state index contributed by atoms with van der Waals surface area (Å²) < 4.78 is 46.2. The second-order valence-electron chi connectivity index (χ2n) is 22.0. The van der Waals surface area contributed by atoms with E-state index >= 15 is 0 Å². The normalized spacial score (nSPS) is 10.8. The number of aromatic nitrogens is 12. The lowest BCUT2D eigenvalue weighted by atomic mass is 10.2. The van der Waals surface area contributed by atoms with Crippen LogP contribution < -0.4 is 52.5 Å². The summed E-state index contributed by atoms with van der Waals surface area (Å²) in [4.78, 5) is 107. The summed E-state index contributed by atoms with van der Waals surface area (Å²) in [5.41, 5.74) is 7.92. The molecule has 7 N–H and O–H groups in total. The van der Waals surface area contributed by atoms with E-state index < -0.39 is 37.8 Å². The van der Waals surface area contributed by atoms with E-state index in [1.807, 2.05) is 60.3 Å². The first kappa shape index (κ1) is 74.0. The fraction of sp³-hybridized carbons (Fsp3) is 0.215. The van der Waals surface area contributed by atoms with Crippen LogP contribution in [0.25, 0.3) is 50.6 Å². The summed E-state index contributed by atoms with van der Waals surface area (Å²) in [7, 11) is 14.0. The van der Waals surface area contributed by atoms with Crippen LogP contribution in [0.4, 0.5) is 60.5 Å². The van der Waals surface area contributed by atoms with Crippen LogP contribution in [0.1, 0.15) is 19.8 Å². The summed E-state index contributed by atoms with van der Waals surface area (Å²) in [6.07, 6.45) is 7.07. The number of likely N-dealkylation sites (N-methyl/N-ethyl adjacent to an activating group) is 2. The molecule has 6 aromatic heterocycles. The first-order valence-corrected chi connectivity index (χ1v) is 30.7. The molecular weight excluding hydrogens is 1340 g/mol. The second-order valence-corrected chi connectivity index (χ2v) is 22.3. The molecule has 6 heterocycles. The highest BCUT2D eigenvalue weighted by Gasteiger charge is 2.25. The lowest BCUT2D eigenvalue weighted by molar-refractivity contribution is -0.387. The molecule has 0 atom stereocenters. The summed E-state index contributed by atoms with van der Waals surface area (Å²) in [6, 6.07) is 33.2. The predicted molar refractivity (Wildman–Crippen MR) is 379 cm³/mol. The standard InChI is InChI=1S/C23H26N8O4.C18H13FN6O4.C11H7ClN4O.C7H7FN2O3.C6H15N/c1-28(2)11-12-29(3)18-14-20(35-4)16(13-19(18)31(33)34)25-22-24-10-9-21(27-22)30-17-8-6-5-7-15(17)26-23(30)32;1-29-15-8-10(19)14(25(27)28)9-12(15)21-17-20-7-6-16(23-17)24-13-5-3-2-4-11(13)22-18(24)26;12-10-13-6-5-9(15-10)16-8-4-2-1-3-7(8)14-11(16)17;1-13-7-2-4(8)6(10(11)12)3-5(7)9;1-4-5-6-7(2)3/h5-10,13-14H,11-12H2,1-4H3,(H,26,32)(H,24,25,27);2-9H,1H3,(H,22,26)(H,20,21,23);1-6H,(H,14,17);2-3H,9H2,1H3;4-6H2,1-3H3. The number of nitrogens with two attached hydrogens (primary N) is 1. The van der Waals surface area contributed by atoms with Gasteiger partial charge < -0.3 is 60.2 Å². The number of nitro benzene ring substituents is 3. The number of halogens is 3.